The summed E-state index contributed by atoms with van der Waals surface area (Å²) in [5.41, 5.74) is 0.989. The number of ketones is 1. The van der Waals surface area contributed by atoms with E-state index in [-0.39, 0.29) is 16.6 Å². The van der Waals surface area contributed by atoms with Crippen molar-refractivity contribution in [2.24, 2.45) is 5.92 Å². The molecule has 1 aromatic carbocycles. The van der Waals surface area contributed by atoms with Crippen LogP contribution in [0.25, 0.3) is 0 Å². The summed E-state index contributed by atoms with van der Waals surface area (Å²) in [7, 11) is -3.60. The molecule has 0 atom stereocenters. The third kappa shape index (κ3) is 4.49. The summed E-state index contributed by atoms with van der Waals surface area (Å²) in [5, 5.41) is 0. The van der Waals surface area contributed by atoms with Crippen LogP contribution in [0, 0.1) is 12.8 Å². The molecule has 0 unspecified atom stereocenters. The SMILES string of the molecule is CCC(CC)C(=O)/C=C\NS(=O)(=O)c1ccc(C)cc1. The fourth-order valence-electron chi connectivity index (χ4n) is 1.82. The Labute approximate surface area is 120 Å². The second kappa shape index (κ2) is 7.24. The molecule has 0 aliphatic carbocycles. The molecule has 0 heterocycles. The lowest BCUT2D eigenvalue weighted by atomic mass is 9.98. The highest BCUT2D eigenvalue weighted by molar-refractivity contribution is 7.89. The van der Waals surface area contributed by atoms with Gasteiger partial charge >= 0.3 is 0 Å². The second-order valence-corrected chi connectivity index (χ2v) is 6.40. The number of carbonyl (C=O) groups is 1. The number of carbonyl (C=O) groups excluding carboxylic acids is 1. The molecule has 1 rings (SSSR count). The molecule has 0 radical (unpaired) electrons. The van der Waals surface area contributed by atoms with Crippen molar-refractivity contribution in [1.82, 2.24) is 4.72 Å². The first kappa shape index (κ1) is 16.4. The molecule has 20 heavy (non-hydrogen) atoms. The summed E-state index contributed by atoms with van der Waals surface area (Å²) in [6, 6.07) is 6.53. The second-order valence-electron chi connectivity index (χ2n) is 4.68. The van der Waals surface area contributed by atoms with Gasteiger partial charge in [0.2, 0.25) is 0 Å². The Kier molecular flexibility index (Phi) is 5.95. The zero-order valence-electron chi connectivity index (χ0n) is 12.1. The van der Waals surface area contributed by atoms with E-state index in [4.69, 9.17) is 0 Å². The summed E-state index contributed by atoms with van der Waals surface area (Å²) < 4.78 is 26.2. The van der Waals surface area contributed by atoms with E-state index in [1.54, 1.807) is 12.1 Å². The number of hydrogen-bond acceptors (Lipinski definition) is 3. The summed E-state index contributed by atoms with van der Waals surface area (Å²) in [5.74, 6) is -0.100. The molecule has 0 aliphatic rings. The van der Waals surface area contributed by atoms with Gasteiger partial charge in [-0.1, -0.05) is 31.5 Å². The normalized spacial score (nSPS) is 12.0. The molecule has 4 nitrogen and oxygen atoms in total. The van der Waals surface area contributed by atoms with E-state index < -0.39 is 10.0 Å². The maximum Gasteiger partial charge on any atom is 0.261 e. The van der Waals surface area contributed by atoms with Crippen molar-refractivity contribution in [3.63, 3.8) is 0 Å². The van der Waals surface area contributed by atoms with Gasteiger partial charge in [-0.25, -0.2) is 8.42 Å². The van der Waals surface area contributed by atoms with Crippen molar-refractivity contribution >= 4 is 15.8 Å². The molecular formula is C15H21NO3S. The van der Waals surface area contributed by atoms with E-state index in [2.05, 4.69) is 4.72 Å². The maximum absolute atomic E-state index is 12.0. The lowest BCUT2D eigenvalue weighted by molar-refractivity contribution is -0.118. The summed E-state index contributed by atoms with van der Waals surface area (Å²) >= 11 is 0. The standard InChI is InChI=1S/C15H21NO3S/c1-4-13(5-2)15(17)10-11-16-20(18,19)14-8-6-12(3)7-9-14/h6-11,13,16H,4-5H2,1-3H3/b11-10-. The quantitative estimate of drug-likeness (QED) is 0.787. The van der Waals surface area contributed by atoms with Crippen molar-refractivity contribution in [2.45, 2.75) is 38.5 Å². The first-order chi connectivity index (χ1) is 9.40. The highest BCUT2D eigenvalue weighted by Crippen LogP contribution is 2.11. The van der Waals surface area contributed by atoms with Crippen LogP contribution in [0.15, 0.2) is 41.4 Å². The van der Waals surface area contributed by atoms with Crippen LogP contribution in [-0.4, -0.2) is 14.2 Å². The number of sulfonamides is 1. The van der Waals surface area contributed by atoms with Gasteiger partial charge in [-0.05, 0) is 38.0 Å². The number of allylic oxidation sites excluding steroid dienone is 1. The zero-order valence-corrected chi connectivity index (χ0v) is 12.9. The molecule has 5 heteroatoms. The molecule has 0 saturated carbocycles. The van der Waals surface area contributed by atoms with Crippen LogP contribution in [0.2, 0.25) is 0 Å². The molecule has 110 valence electrons. The predicted molar refractivity (Wildman–Crippen MR) is 79.7 cm³/mol. The average molecular weight is 295 g/mol. The van der Waals surface area contributed by atoms with Crippen molar-refractivity contribution in [2.75, 3.05) is 0 Å². The van der Waals surface area contributed by atoms with Gasteiger partial charge in [0.1, 0.15) is 0 Å². The third-order valence-electron chi connectivity index (χ3n) is 3.19. The van der Waals surface area contributed by atoms with Gasteiger partial charge in [-0.2, -0.15) is 0 Å². The Morgan fingerprint density at radius 1 is 1.20 bits per heavy atom. The summed E-state index contributed by atoms with van der Waals surface area (Å²) in [6.45, 7) is 5.77. The molecule has 1 N–H and O–H groups in total. The van der Waals surface area contributed by atoms with Crippen molar-refractivity contribution in [3.05, 3.63) is 42.1 Å². The molecule has 1 aromatic rings. The fraction of sp³-hybridized carbons (Fsp3) is 0.400. The predicted octanol–water partition coefficient (Wildman–Crippen LogP) is 2.79. The zero-order chi connectivity index (χ0) is 15.2. The van der Waals surface area contributed by atoms with E-state index in [0.717, 1.165) is 18.4 Å². The molecule has 0 bridgehead atoms. The summed E-state index contributed by atoms with van der Waals surface area (Å²) in [6.07, 6.45) is 4.01. The Morgan fingerprint density at radius 2 is 1.75 bits per heavy atom. The number of nitrogens with one attached hydrogen (secondary N) is 1. The van der Waals surface area contributed by atoms with Crippen LogP contribution >= 0.6 is 0 Å². The van der Waals surface area contributed by atoms with E-state index in [0.29, 0.717) is 0 Å². The lowest BCUT2D eigenvalue weighted by Crippen LogP contribution is -2.19. The van der Waals surface area contributed by atoms with Gasteiger partial charge in [0, 0.05) is 12.1 Å². The summed E-state index contributed by atoms with van der Waals surface area (Å²) in [4.78, 5) is 11.9. The van der Waals surface area contributed by atoms with Gasteiger partial charge in [0.25, 0.3) is 10.0 Å². The maximum atomic E-state index is 12.0. The van der Waals surface area contributed by atoms with Crippen LogP contribution in [-0.2, 0) is 14.8 Å². The van der Waals surface area contributed by atoms with E-state index in [1.165, 1.54) is 24.4 Å². The van der Waals surface area contributed by atoms with Crippen LogP contribution in [0.3, 0.4) is 0 Å². The molecule has 0 amide bonds. The van der Waals surface area contributed by atoms with Crippen molar-refractivity contribution in [1.29, 1.82) is 0 Å². The smallest absolute Gasteiger partial charge is 0.261 e. The number of rotatable bonds is 7. The number of aryl methyl sites for hydroxylation is 1. The molecular weight excluding hydrogens is 274 g/mol. The minimum atomic E-state index is -3.60. The third-order valence-corrected chi connectivity index (χ3v) is 4.53. The average Bonchev–Trinajstić information content (AvgIpc) is 2.40. The van der Waals surface area contributed by atoms with Crippen LogP contribution in [0.5, 0.6) is 0 Å². The molecule has 0 spiro atoms. The van der Waals surface area contributed by atoms with Crippen LogP contribution < -0.4 is 4.72 Å². The highest BCUT2D eigenvalue weighted by atomic mass is 32.2. The fourth-order valence-corrected chi connectivity index (χ4v) is 2.70. The largest absolute Gasteiger partial charge is 0.294 e. The molecule has 0 saturated heterocycles. The first-order valence-electron chi connectivity index (χ1n) is 6.70. The Balaban J connectivity index is 2.73. The van der Waals surface area contributed by atoms with Crippen molar-refractivity contribution in [3.8, 4) is 0 Å². The lowest BCUT2D eigenvalue weighted by Gasteiger charge is -2.07. The molecule has 0 aliphatic heterocycles. The van der Waals surface area contributed by atoms with E-state index in [1.807, 2.05) is 20.8 Å². The first-order valence-corrected chi connectivity index (χ1v) is 8.18. The van der Waals surface area contributed by atoms with E-state index >= 15 is 0 Å². The molecule has 0 aromatic heterocycles. The minimum Gasteiger partial charge on any atom is -0.294 e. The highest BCUT2D eigenvalue weighted by Gasteiger charge is 2.13. The molecule has 0 fully saturated rings. The van der Waals surface area contributed by atoms with Gasteiger partial charge in [-0.3, -0.25) is 9.52 Å². The number of benzene rings is 1. The van der Waals surface area contributed by atoms with Gasteiger partial charge < -0.3 is 0 Å². The topological polar surface area (TPSA) is 63.2 Å². The number of hydrogen-bond donors (Lipinski definition) is 1. The Morgan fingerprint density at radius 3 is 2.25 bits per heavy atom. The Bertz CT molecular complexity index is 570. The van der Waals surface area contributed by atoms with Gasteiger partial charge in [-0.15, -0.1) is 0 Å². The van der Waals surface area contributed by atoms with Crippen molar-refractivity contribution < 1.29 is 13.2 Å². The van der Waals surface area contributed by atoms with Crippen LogP contribution in [0.1, 0.15) is 32.3 Å². The monoisotopic (exact) mass is 295 g/mol. The van der Waals surface area contributed by atoms with Gasteiger partial charge in [0.05, 0.1) is 4.90 Å². The van der Waals surface area contributed by atoms with Gasteiger partial charge in [0.15, 0.2) is 5.78 Å². The van der Waals surface area contributed by atoms with E-state index in [9.17, 15) is 13.2 Å². The minimum absolute atomic E-state index is 0.0462. The van der Waals surface area contributed by atoms with Crippen LogP contribution in [0.4, 0.5) is 0 Å². The Hall–Kier alpha value is -1.62.